The van der Waals surface area contributed by atoms with E-state index in [1.807, 2.05) is 43.3 Å². The molecule has 0 aliphatic carbocycles. The molecule has 0 atom stereocenters. The maximum Gasteiger partial charge on any atom is 0.287 e. The molecule has 3 rings (SSSR count). The lowest BCUT2D eigenvalue weighted by Gasteiger charge is -2.09. The zero-order valence-electron chi connectivity index (χ0n) is 17.5. The van der Waals surface area contributed by atoms with Gasteiger partial charge >= 0.3 is 0 Å². The van der Waals surface area contributed by atoms with Crippen LogP contribution in [0.5, 0.6) is 5.75 Å². The summed E-state index contributed by atoms with van der Waals surface area (Å²) in [6.07, 6.45) is 4.81. The van der Waals surface area contributed by atoms with Gasteiger partial charge in [0.15, 0.2) is 0 Å². The summed E-state index contributed by atoms with van der Waals surface area (Å²) >= 11 is 0. The van der Waals surface area contributed by atoms with E-state index in [1.54, 1.807) is 54.6 Å². The zero-order chi connectivity index (χ0) is 22.8. The molecule has 160 valence electrons. The summed E-state index contributed by atoms with van der Waals surface area (Å²) < 4.78 is 0. The minimum Gasteiger partial charge on any atom is -0.507 e. The van der Waals surface area contributed by atoms with E-state index in [-0.39, 0.29) is 11.4 Å². The van der Waals surface area contributed by atoms with Crippen molar-refractivity contribution in [2.24, 2.45) is 5.10 Å². The number of allylic oxidation sites excluding steroid dienone is 2. The molecule has 3 N–H and O–H groups in total. The van der Waals surface area contributed by atoms with Gasteiger partial charge in [-0.25, -0.2) is 5.43 Å². The Kier molecular flexibility index (Phi) is 7.70. The van der Waals surface area contributed by atoms with Crippen molar-refractivity contribution in [3.05, 3.63) is 119 Å². The number of carbonyl (C=O) groups is 2. The molecule has 0 aliphatic rings. The second-order valence-corrected chi connectivity index (χ2v) is 6.94. The maximum absolute atomic E-state index is 12.8. The molecule has 0 unspecified atom stereocenters. The summed E-state index contributed by atoms with van der Waals surface area (Å²) in [4.78, 5) is 25.4. The second-order valence-electron chi connectivity index (χ2n) is 6.94. The molecule has 0 radical (unpaired) electrons. The van der Waals surface area contributed by atoms with Crippen LogP contribution in [0.4, 0.5) is 0 Å². The first-order valence-corrected chi connectivity index (χ1v) is 9.96. The summed E-state index contributed by atoms with van der Waals surface area (Å²) in [5, 5.41) is 16.4. The fourth-order valence-electron chi connectivity index (χ4n) is 2.84. The predicted octanol–water partition coefficient (Wildman–Crippen LogP) is 4.26. The number of nitrogens with zero attached hydrogens (tertiary/aromatic N) is 1. The number of rotatable bonds is 7. The van der Waals surface area contributed by atoms with E-state index >= 15 is 0 Å². The number of aromatic hydroxyl groups is 1. The highest BCUT2D eigenvalue weighted by atomic mass is 16.3. The Morgan fingerprint density at radius 3 is 2.19 bits per heavy atom. The molecule has 0 spiro atoms. The van der Waals surface area contributed by atoms with Crippen molar-refractivity contribution in [2.75, 3.05) is 0 Å². The molecule has 0 bridgehead atoms. The van der Waals surface area contributed by atoms with Crippen LogP contribution in [0.2, 0.25) is 0 Å². The molecule has 2 amide bonds. The Labute approximate surface area is 186 Å². The number of phenols is 1. The van der Waals surface area contributed by atoms with Crippen molar-refractivity contribution in [1.29, 1.82) is 0 Å². The lowest BCUT2D eigenvalue weighted by atomic mass is 10.1. The molecule has 0 saturated heterocycles. The van der Waals surface area contributed by atoms with Crippen molar-refractivity contribution in [3.63, 3.8) is 0 Å². The lowest BCUT2D eigenvalue weighted by molar-refractivity contribution is -0.117. The fraction of sp³-hybridized carbons (Fsp3) is 0.0385. The number of nitrogens with one attached hydrogen (secondary N) is 2. The zero-order valence-corrected chi connectivity index (χ0v) is 17.5. The standard InChI is InChI=1S/C26H23N3O3/c1-19(16-20-10-4-2-5-11-20)17-23(28-25(31)21-12-6-3-7-13-21)26(32)29-27-18-22-14-8-9-15-24(22)30/h2-18,30H,1H3,(H,28,31)(H,29,32)/b19-16?,23-17?,27-18+. The van der Waals surface area contributed by atoms with Crippen molar-refractivity contribution >= 4 is 24.1 Å². The van der Waals surface area contributed by atoms with Crippen LogP contribution < -0.4 is 10.7 Å². The number of amides is 2. The maximum atomic E-state index is 12.8. The Balaban J connectivity index is 1.82. The summed E-state index contributed by atoms with van der Waals surface area (Å²) in [7, 11) is 0. The average Bonchev–Trinajstić information content (AvgIpc) is 2.81. The van der Waals surface area contributed by atoms with Crippen molar-refractivity contribution in [3.8, 4) is 5.75 Å². The first-order chi connectivity index (χ1) is 15.5. The van der Waals surface area contributed by atoms with Gasteiger partial charge in [0.2, 0.25) is 0 Å². The molecule has 0 fully saturated rings. The number of hydrazone groups is 1. The van der Waals surface area contributed by atoms with Gasteiger partial charge in [-0.3, -0.25) is 9.59 Å². The Hall–Kier alpha value is -4.45. The number of hydrogen-bond donors (Lipinski definition) is 3. The third-order valence-corrected chi connectivity index (χ3v) is 4.40. The van der Waals surface area contributed by atoms with Crippen LogP contribution in [-0.4, -0.2) is 23.1 Å². The normalized spacial score (nSPS) is 11.9. The van der Waals surface area contributed by atoms with E-state index in [4.69, 9.17) is 0 Å². The highest BCUT2D eigenvalue weighted by molar-refractivity contribution is 6.03. The van der Waals surface area contributed by atoms with Gasteiger partial charge in [0.25, 0.3) is 11.8 Å². The summed E-state index contributed by atoms with van der Waals surface area (Å²) in [6.45, 7) is 1.83. The summed E-state index contributed by atoms with van der Waals surface area (Å²) in [5.41, 5.74) is 5.04. The third-order valence-electron chi connectivity index (χ3n) is 4.40. The number of benzene rings is 3. The van der Waals surface area contributed by atoms with Crippen LogP contribution in [0.25, 0.3) is 6.08 Å². The minimum absolute atomic E-state index is 0.0398. The van der Waals surface area contributed by atoms with Gasteiger partial charge in [0.1, 0.15) is 11.4 Å². The smallest absolute Gasteiger partial charge is 0.287 e. The first kappa shape index (κ1) is 22.2. The number of carbonyl (C=O) groups excluding carboxylic acids is 2. The quantitative estimate of drug-likeness (QED) is 0.229. The monoisotopic (exact) mass is 425 g/mol. The van der Waals surface area contributed by atoms with E-state index in [1.165, 1.54) is 12.3 Å². The second kappa shape index (κ2) is 11.1. The van der Waals surface area contributed by atoms with Crippen molar-refractivity contribution in [1.82, 2.24) is 10.7 Å². The van der Waals surface area contributed by atoms with Gasteiger partial charge in [0.05, 0.1) is 6.21 Å². The Morgan fingerprint density at radius 1 is 0.875 bits per heavy atom. The Morgan fingerprint density at radius 2 is 1.50 bits per heavy atom. The van der Waals surface area contributed by atoms with E-state index in [9.17, 15) is 14.7 Å². The molecule has 0 saturated carbocycles. The Bertz CT molecular complexity index is 1170. The van der Waals surface area contributed by atoms with Crippen LogP contribution in [-0.2, 0) is 4.79 Å². The molecular weight excluding hydrogens is 402 g/mol. The fourth-order valence-corrected chi connectivity index (χ4v) is 2.84. The molecule has 6 nitrogen and oxygen atoms in total. The molecule has 0 aliphatic heterocycles. The SMILES string of the molecule is CC(=Cc1ccccc1)C=C(NC(=O)c1ccccc1)C(=O)N/N=C/c1ccccc1O. The molecule has 3 aromatic carbocycles. The van der Waals surface area contributed by atoms with E-state index < -0.39 is 11.8 Å². The summed E-state index contributed by atoms with van der Waals surface area (Å²) in [5.74, 6) is -0.966. The molecule has 6 heteroatoms. The molecule has 3 aromatic rings. The highest BCUT2D eigenvalue weighted by Gasteiger charge is 2.14. The number of hydrogen-bond acceptors (Lipinski definition) is 4. The van der Waals surface area contributed by atoms with Crippen LogP contribution in [0.15, 0.2) is 107 Å². The van der Waals surface area contributed by atoms with E-state index in [2.05, 4.69) is 15.8 Å². The van der Waals surface area contributed by atoms with E-state index in [0.29, 0.717) is 11.1 Å². The third kappa shape index (κ3) is 6.53. The largest absolute Gasteiger partial charge is 0.507 e. The number of phenolic OH excluding ortho intramolecular Hbond substituents is 1. The van der Waals surface area contributed by atoms with Gasteiger partial charge in [0, 0.05) is 11.1 Å². The van der Waals surface area contributed by atoms with Gasteiger partial charge < -0.3 is 10.4 Å². The predicted molar refractivity (Wildman–Crippen MR) is 126 cm³/mol. The molecular formula is C26H23N3O3. The molecule has 0 aromatic heterocycles. The van der Waals surface area contributed by atoms with Gasteiger partial charge in [-0.15, -0.1) is 0 Å². The van der Waals surface area contributed by atoms with Gasteiger partial charge in [-0.1, -0.05) is 66.7 Å². The van der Waals surface area contributed by atoms with Crippen LogP contribution in [0.3, 0.4) is 0 Å². The highest BCUT2D eigenvalue weighted by Crippen LogP contribution is 2.13. The van der Waals surface area contributed by atoms with Crippen LogP contribution in [0, 0.1) is 0 Å². The van der Waals surface area contributed by atoms with Crippen LogP contribution >= 0.6 is 0 Å². The number of para-hydroxylation sites is 1. The lowest BCUT2D eigenvalue weighted by Crippen LogP contribution is -2.33. The topological polar surface area (TPSA) is 90.8 Å². The van der Waals surface area contributed by atoms with Crippen molar-refractivity contribution in [2.45, 2.75) is 6.92 Å². The average molecular weight is 425 g/mol. The molecule has 0 heterocycles. The van der Waals surface area contributed by atoms with Gasteiger partial charge in [-0.05, 0) is 48.4 Å². The minimum atomic E-state index is -0.596. The van der Waals surface area contributed by atoms with E-state index in [0.717, 1.165) is 11.1 Å². The van der Waals surface area contributed by atoms with Gasteiger partial charge in [-0.2, -0.15) is 5.10 Å². The molecule has 32 heavy (non-hydrogen) atoms. The first-order valence-electron chi connectivity index (χ1n) is 9.96. The van der Waals surface area contributed by atoms with Crippen LogP contribution in [0.1, 0.15) is 28.4 Å². The summed E-state index contributed by atoms with van der Waals surface area (Å²) in [6, 6.07) is 24.9. The van der Waals surface area contributed by atoms with Crippen molar-refractivity contribution < 1.29 is 14.7 Å².